The molecule has 4 nitrogen and oxygen atoms in total. The van der Waals surface area contributed by atoms with Crippen molar-refractivity contribution in [2.24, 2.45) is 16.6 Å². The molecule has 0 saturated carbocycles. The molecule has 8 heavy (non-hydrogen) atoms. The first-order valence-corrected chi connectivity index (χ1v) is 1.50. The molecule has 0 aromatic carbocycles. The summed E-state index contributed by atoms with van der Waals surface area (Å²) < 4.78 is 0. The van der Waals surface area contributed by atoms with Gasteiger partial charge in [0.2, 0.25) is 5.96 Å². The topological polar surface area (TPSA) is 84.6 Å². The number of nitrogens with zero attached hydrogens (tertiary/aromatic N) is 1. The van der Waals surface area contributed by atoms with E-state index in [4.69, 9.17) is 5.21 Å². The van der Waals surface area contributed by atoms with Gasteiger partial charge in [-0.2, -0.15) is 0 Å². The highest BCUT2D eigenvalue weighted by molar-refractivity contribution is 5.85. The maximum absolute atomic E-state index is 7.48. The fourth-order valence-corrected chi connectivity index (χ4v) is 0. The summed E-state index contributed by atoms with van der Waals surface area (Å²) in [5.74, 6) is -0.315. The van der Waals surface area contributed by atoms with E-state index in [1.54, 1.807) is 0 Å². The molecule has 0 saturated heterocycles. The van der Waals surface area contributed by atoms with Crippen LogP contribution in [0.25, 0.3) is 0 Å². The van der Waals surface area contributed by atoms with Crippen LogP contribution in [0.5, 0.6) is 0 Å². The van der Waals surface area contributed by atoms with Crippen molar-refractivity contribution in [2.75, 3.05) is 0 Å². The van der Waals surface area contributed by atoms with E-state index in [0.717, 1.165) is 0 Å². The van der Waals surface area contributed by atoms with Gasteiger partial charge in [0, 0.05) is 0 Å². The monoisotopic (exact) mass is 139 g/mol. The predicted octanol–water partition coefficient (Wildman–Crippen LogP) is -0.127. The number of guanidine groups is 1. The van der Waals surface area contributed by atoms with Gasteiger partial charge >= 0.3 is 0 Å². The third-order valence-electron chi connectivity index (χ3n) is 0.115. The van der Waals surface area contributed by atoms with E-state index in [9.17, 15) is 0 Å². The second-order valence-corrected chi connectivity index (χ2v) is 0.525. The minimum Gasteiger partial charge on any atom is -0.408 e. The third kappa shape index (κ3) is 70.9. The van der Waals surface area contributed by atoms with Crippen LogP contribution in [-0.4, -0.2) is 11.2 Å². The number of hydrogen-bond acceptors (Lipinski definition) is 2. The molecule has 5 N–H and O–H groups in total. The molecular weight excluding hydrogens is 130 g/mol. The molecule has 0 heterocycles. The van der Waals surface area contributed by atoms with E-state index >= 15 is 0 Å². The molecule has 0 spiro atoms. The highest BCUT2D eigenvalue weighted by Crippen LogP contribution is 1.39. The Kier molecular flexibility index (Phi) is 32.4. The lowest BCUT2D eigenvalue weighted by molar-refractivity contribution is 0.317. The highest BCUT2D eigenvalue weighted by atomic mass is 35.5. The predicted molar refractivity (Wildman–Crippen MR) is 36.1 cm³/mol. The molecule has 0 unspecified atom stereocenters. The van der Waals surface area contributed by atoms with Crippen LogP contribution in [0.2, 0.25) is 0 Å². The van der Waals surface area contributed by atoms with Gasteiger partial charge in [0.15, 0.2) is 0 Å². The van der Waals surface area contributed by atoms with Crippen molar-refractivity contribution >= 4 is 18.4 Å². The van der Waals surface area contributed by atoms with Crippen molar-refractivity contribution in [3.05, 3.63) is 13.2 Å². The average molecular weight is 140 g/mol. The molecular formula is C3H10ClN3O. The number of hydrogen-bond donors (Lipinski definition) is 3. The average Bonchev–Trinajstić information content (AvgIpc) is 1.73. The van der Waals surface area contributed by atoms with Crippen LogP contribution in [-0.2, 0) is 0 Å². The number of halogens is 1. The standard InChI is InChI=1S/C2H4.CH5N3O.ClH/c1-2;2-1(3)4-5;/h1-2H2;5H,(H4,2,3,4);1H. The molecule has 0 atom stereocenters. The van der Waals surface area contributed by atoms with Gasteiger partial charge in [0.25, 0.3) is 0 Å². The molecule has 0 aromatic heterocycles. The zero-order chi connectivity index (χ0) is 6.28. The summed E-state index contributed by atoms with van der Waals surface area (Å²) in [7, 11) is 0. The molecule has 0 rings (SSSR count). The smallest absolute Gasteiger partial charge is 0.228 e. The summed E-state index contributed by atoms with van der Waals surface area (Å²) in [6, 6.07) is 0. The molecule has 0 bridgehead atoms. The van der Waals surface area contributed by atoms with E-state index in [0.29, 0.717) is 0 Å². The van der Waals surface area contributed by atoms with Crippen molar-refractivity contribution in [2.45, 2.75) is 0 Å². The van der Waals surface area contributed by atoms with Crippen molar-refractivity contribution in [3.8, 4) is 0 Å². The Hall–Kier alpha value is -0.900. The fourth-order valence-electron chi connectivity index (χ4n) is 0. The molecule has 0 aliphatic carbocycles. The SMILES string of the molecule is C=C.Cl.NC(N)=NO. The minimum absolute atomic E-state index is 0. The maximum atomic E-state index is 7.48. The van der Waals surface area contributed by atoms with Crippen LogP contribution in [0.15, 0.2) is 18.3 Å². The lowest BCUT2D eigenvalue weighted by atomic mass is 11.1. The second-order valence-electron chi connectivity index (χ2n) is 0.525. The Morgan fingerprint density at radius 2 is 1.50 bits per heavy atom. The zero-order valence-corrected chi connectivity index (χ0v) is 5.19. The summed E-state index contributed by atoms with van der Waals surface area (Å²) in [6.07, 6.45) is 0. The van der Waals surface area contributed by atoms with Crippen molar-refractivity contribution in [3.63, 3.8) is 0 Å². The summed E-state index contributed by atoms with van der Waals surface area (Å²) in [5.41, 5.74) is 9.14. The molecule has 5 heteroatoms. The van der Waals surface area contributed by atoms with Gasteiger partial charge in [0.05, 0.1) is 0 Å². The Morgan fingerprint density at radius 3 is 1.50 bits per heavy atom. The molecule has 0 aliphatic rings. The van der Waals surface area contributed by atoms with E-state index < -0.39 is 0 Å². The molecule has 0 amide bonds. The van der Waals surface area contributed by atoms with Crippen LogP contribution in [0.1, 0.15) is 0 Å². The Labute approximate surface area is 54.3 Å². The zero-order valence-electron chi connectivity index (χ0n) is 4.37. The Bertz CT molecular complexity index is 61.5. The minimum atomic E-state index is -0.315. The van der Waals surface area contributed by atoms with Gasteiger partial charge in [-0.3, -0.25) is 0 Å². The maximum Gasteiger partial charge on any atom is 0.228 e. The molecule has 0 aliphatic heterocycles. The molecule has 0 aromatic rings. The van der Waals surface area contributed by atoms with Gasteiger partial charge in [-0.25, -0.2) is 0 Å². The van der Waals surface area contributed by atoms with E-state index in [2.05, 4.69) is 29.8 Å². The molecule has 50 valence electrons. The molecule has 0 radical (unpaired) electrons. The van der Waals surface area contributed by atoms with Crippen molar-refractivity contribution < 1.29 is 5.21 Å². The van der Waals surface area contributed by atoms with E-state index in [-0.39, 0.29) is 18.4 Å². The summed E-state index contributed by atoms with van der Waals surface area (Å²) in [5, 5.41) is 9.84. The molecule has 0 fully saturated rings. The summed E-state index contributed by atoms with van der Waals surface area (Å²) in [4.78, 5) is 0. The van der Waals surface area contributed by atoms with Crippen LogP contribution >= 0.6 is 12.4 Å². The highest BCUT2D eigenvalue weighted by Gasteiger charge is 1.64. The van der Waals surface area contributed by atoms with Crippen LogP contribution in [0, 0.1) is 0 Å². The quantitative estimate of drug-likeness (QED) is 0.144. The Balaban J connectivity index is -0.0000000750. The first-order chi connectivity index (χ1) is 3.27. The van der Waals surface area contributed by atoms with Gasteiger partial charge in [0.1, 0.15) is 0 Å². The second kappa shape index (κ2) is 16.5. The van der Waals surface area contributed by atoms with Gasteiger partial charge < -0.3 is 16.7 Å². The summed E-state index contributed by atoms with van der Waals surface area (Å²) in [6.45, 7) is 6.00. The first-order valence-electron chi connectivity index (χ1n) is 1.50. The van der Waals surface area contributed by atoms with Crippen LogP contribution < -0.4 is 11.5 Å². The van der Waals surface area contributed by atoms with E-state index in [1.165, 1.54) is 0 Å². The largest absolute Gasteiger partial charge is 0.408 e. The van der Waals surface area contributed by atoms with Crippen LogP contribution in [0.3, 0.4) is 0 Å². The van der Waals surface area contributed by atoms with Gasteiger partial charge in [-0.15, -0.1) is 25.6 Å². The summed E-state index contributed by atoms with van der Waals surface area (Å²) >= 11 is 0. The van der Waals surface area contributed by atoms with Gasteiger partial charge in [-0.05, 0) is 0 Å². The van der Waals surface area contributed by atoms with Gasteiger partial charge in [-0.1, -0.05) is 5.16 Å². The van der Waals surface area contributed by atoms with Crippen LogP contribution in [0.4, 0.5) is 0 Å². The normalized spacial score (nSPS) is 4.50. The number of rotatable bonds is 0. The first kappa shape index (κ1) is 15.7. The third-order valence-corrected chi connectivity index (χ3v) is 0.115. The van der Waals surface area contributed by atoms with E-state index in [1.807, 2.05) is 0 Å². The van der Waals surface area contributed by atoms with Crippen molar-refractivity contribution in [1.29, 1.82) is 0 Å². The lowest BCUT2D eigenvalue weighted by Crippen LogP contribution is -2.21. The Morgan fingerprint density at radius 1 is 1.38 bits per heavy atom. The fraction of sp³-hybridized carbons (Fsp3) is 0. The lowest BCUT2D eigenvalue weighted by Gasteiger charge is -1.75. The number of nitrogens with two attached hydrogens (primary N) is 2. The number of oxime groups is 1. The van der Waals surface area contributed by atoms with Crippen molar-refractivity contribution in [1.82, 2.24) is 0 Å².